The Hall–Kier alpha value is -1.50. The summed E-state index contributed by atoms with van der Waals surface area (Å²) in [4.78, 5) is 0. The van der Waals surface area contributed by atoms with Gasteiger partial charge in [-0.2, -0.15) is 0 Å². The first kappa shape index (κ1) is 13.9. The fourth-order valence-electron chi connectivity index (χ4n) is 2.13. The second-order valence-corrected chi connectivity index (χ2v) is 4.80. The highest BCUT2D eigenvalue weighted by molar-refractivity contribution is 5.44. The normalized spacial score (nSPS) is 15.7. The quantitative estimate of drug-likeness (QED) is 0.846. The molecule has 0 saturated carbocycles. The lowest BCUT2D eigenvalue weighted by Crippen LogP contribution is -2.21. The SMILES string of the molecule is Cc1cc(OCC2CCOCC2)ccc1C#CCO. The molecule has 1 N–H and O–H groups in total. The lowest BCUT2D eigenvalue weighted by molar-refractivity contribution is 0.0497. The average molecular weight is 260 g/mol. The van der Waals surface area contributed by atoms with Gasteiger partial charge in [0.05, 0.1) is 6.61 Å². The molecule has 0 aromatic heterocycles. The molecule has 2 rings (SSSR count). The largest absolute Gasteiger partial charge is 0.493 e. The smallest absolute Gasteiger partial charge is 0.119 e. The molecule has 1 heterocycles. The van der Waals surface area contributed by atoms with Gasteiger partial charge in [-0.05, 0) is 49.4 Å². The number of aliphatic hydroxyl groups is 1. The summed E-state index contributed by atoms with van der Waals surface area (Å²) in [7, 11) is 0. The van der Waals surface area contributed by atoms with E-state index in [0.717, 1.165) is 49.5 Å². The molecule has 0 atom stereocenters. The van der Waals surface area contributed by atoms with Gasteiger partial charge in [0.25, 0.3) is 0 Å². The summed E-state index contributed by atoms with van der Waals surface area (Å²) in [6.07, 6.45) is 2.16. The van der Waals surface area contributed by atoms with Crippen LogP contribution in [-0.4, -0.2) is 31.5 Å². The molecule has 102 valence electrons. The molecule has 1 fully saturated rings. The Balaban J connectivity index is 1.92. The molecule has 1 aromatic rings. The van der Waals surface area contributed by atoms with Crippen molar-refractivity contribution in [1.82, 2.24) is 0 Å². The monoisotopic (exact) mass is 260 g/mol. The first-order valence-electron chi connectivity index (χ1n) is 6.70. The van der Waals surface area contributed by atoms with E-state index in [1.165, 1.54) is 0 Å². The van der Waals surface area contributed by atoms with Crippen molar-refractivity contribution >= 4 is 0 Å². The van der Waals surface area contributed by atoms with Crippen molar-refractivity contribution in [3.8, 4) is 17.6 Å². The summed E-state index contributed by atoms with van der Waals surface area (Å²) < 4.78 is 11.2. The maximum absolute atomic E-state index is 8.69. The predicted octanol–water partition coefficient (Wildman–Crippen LogP) is 2.14. The lowest BCUT2D eigenvalue weighted by atomic mass is 10.0. The maximum Gasteiger partial charge on any atom is 0.119 e. The van der Waals surface area contributed by atoms with E-state index in [-0.39, 0.29) is 6.61 Å². The molecular formula is C16H20O3. The second kappa shape index (κ2) is 7.18. The van der Waals surface area contributed by atoms with Crippen molar-refractivity contribution in [2.45, 2.75) is 19.8 Å². The molecule has 0 radical (unpaired) electrons. The zero-order valence-corrected chi connectivity index (χ0v) is 11.3. The molecule has 0 aliphatic carbocycles. The number of hydrogen-bond donors (Lipinski definition) is 1. The summed E-state index contributed by atoms with van der Waals surface area (Å²) in [5.74, 6) is 7.07. The predicted molar refractivity (Wildman–Crippen MR) is 74.2 cm³/mol. The molecule has 0 spiro atoms. The first-order chi connectivity index (χ1) is 9.29. The molecule has 1 aliphatic heterocycles. The summed E-state index contributed by atoms with van der Waals surface area (Å²) in [6.45, 7) is 4.35. The fourth-order valence-corrected chi connectivity index (χ4v) is 2.13. The van der Waals surface area contributed by atoms with Crippen LogP contribution in [0.25, 0.3) is 0 Å². The van der Waals surface area contributed by atoms with E-state index in [1.54, 1.807) is 0 Å². The van der Waals surface area contributed by atoms with Crippen LogP contribution in [0.1, 0.15) is 24.0 Å². The van der Waals surface area contributed by atoms with Gasteiger partial charge in [0.1, 0.15) is 12.4 Å². The molecule has 1 saturated heterocycles. The Bertz CT molecular complexity index is 465. The fraction of sp³-hybridized carbons (Fsp3) is 0.500. The molecule has 1 aliphatic rings. The third kappa shape index (κ3) is 4.27. The standard InChI is InChI=1S/C16H20O3/c1-13-11-16(5-4-15(13)3-2-8-17)19-12-14-6-9-18-10-7-14/h4-5,11,14,17H,6-10,12H2,1H3. The molecular weight excluding hydrogens is 240 g/mol. The van der Waals surface area contributed by atoms with Crippen LogP contribution in [0.5, 0.6) is 5.75 Å². The van der Waals surface area contributed by atoms with E-state index >= 15 is 0 Å². The van der Waals surface area contributed by atoms with Crippen molar-refractivity contribution in [3.05, 3.63) is 29.3 Å². The number of benzene rings is 1. The van der Waals surface area contributed by atoms with Gasteiger partial charge in [-0.15, -0.1) is 0 Å². The van der Waals surface area contributed by atoms with Crippen LogP contribution in [0.3, 0.4) is 0 Å². The van der Waals surface area contributed by atoms with E-state index in [2.05, 4.69) is 11.8 Å². The Labute approximate surface area is 114 Å². The van der Waals surface area contributed by atoms with E-state index in [1.807, 2.05) is 25.1 Å². The number of aryl methyl sites for hydroxylation is 1. The van der Waals surface area contributed by atoms with Gasteiger partial charge in [-0.3, -0.25) is 0 Å². The molecule has 3 nitrogen and oxygen atoms in total. The first-order valence-corrected chi connectivity index (χ1v) is 6.70. The third-order valence-corrected chi connectivity index (χ3v) is 3.33. The minimum absolute atomic E-state index is 0.110. The molecule has 0 bridgehead atoms. The van der Waals surface area contributed by atoms with Crippen LogP contribution in [0.4, 0.5) is 0 Å². The van der Waals surface area contributed by atoms with Crippen LogP contribution in [-0.2, 0) is 4.74 Å². The topological polar surface area (TPSA) is 38.7 Å². The van der Waals surface area contributed by atoms with Gasteiger partial charge in [-0.1, -0.05) is 11.8 Å². The minimum Gasteiger partial charge on any atom is -0.493 e. The molecule has 0 amide bonds. The van der Waals surface area contributed by atoms with Crippen LogP contribution in [0.2, 0.25) is 0 Å². The number of hydrogen-bond acceptors (Lipinski definition) is 3. The van der Waals surface area contributed by atoms with E-state index in [9.17, 15) is 0 Å². The minimum atomic E-state index is -0.110. The van der Waals surface area contributed by atoms with E-state index < -0.39 is 0 Å². The van der Waals surface area contributed by atoms with Crippen molar-refractivity contribution in [2.24, 2.45) is 5.92 Å². The highest BCUT2D eigenvalue weighted by Crippen LogP contribution is 2.20. The molecule has 3 heteroatoms. The number of aliphatic hydroxyl groups excluding tert-OH is 1. The van der Waals surface area contributed by atoms with Gasteiger partial charge in [0, 0.05) is 18.8 Å². The summed E-state index contributed by atoms with van der Waals surface area (Å²) in [6, 6.07) is 5.88. The lowest BCUT2D eigenvalue weighted by Gasteiger charge is -2.22. The van der Waals surface area contributed by atoms with Crippen LogP contribution < -0.4 is 4.74 Å². The number of ether oxygens (including phenoxy) is 2. The van der Waals surface area contributed by atoms with Crippen LogP contribution in [0, 0.1) is 24.7 Å². The van der Waals surface area contributed by atoms with E-state index in [4.69, 9.17) is 14.6 Å². The summed E-state index contributed by atoms with van der Waals surface area (Å²) in [5.41, 5.74) is 2.01. The van der Waals surface area contributed by atoms with Crippen molar-refractivity contribution in [2.75, 3.05) is 26.4 Å². The van der Waals surface area contributed by atoms with Gasteiger partial charge >= 0.3 is 0 Å². The Morgan fingerprint density at radius 2 is 2.16 bits per heavy atom. The van der Waals surface area contributed by atoms with Crippen LogP contribution in [0.15, 0.2) is 18.2 Å². The highest BCUT2D eigenvalue weighted by atomic mass is 16.5. The Morgan fingerprint density at radius 1 is 1.37 bits per heavy atom. The van der Waals surface area contributed by atoms with Gasteiger partial charge in [0.15, 0.2) is 0 Å². The van der Waals surface area contributed by atoms with Crippen molar-refractivity contribution in [1.29, 1.82) is 0 Å². The molecule has 0 unspecified atom stereocenters. The zero-order chi connectivity index (χ0) is 13.5. The maximum atomic E-state index is 8.69. The summed E-state index contributed by atoms with van der Waals surface area (Å²) >= 11 is 0. The van der Waals surface area contributed by atoms with Gasteiger partial charge in [0.2, 0.25) is 0 Å². The van der Waals surface area contributed by atoms with Gasteiger partial charge in [-0.25, -0.2) is 0 Å². The van der Waals surface area contributed by atoms with E-state index in [0.29, 0.717) is 5.92 Å². The second-order valence-electron chi connectivity index (χ2n) is 4.80. The number of rotatable bonds is 3. The zero-order valence-electron chi connectivity index (χ0n) is 11.3. The van der Waals surface area contributed by atoms with Crippen molar-refractivity contribution in [3.63, 3.8) is 0 Å². The molecule has 19 heavy (non-hydrogen) atoms. The van der Waals surface area contributed by atoms with Gasteiger partial charge < -0.3 is 14.6 Å². The average Bonchev–Trinajstić information content (AvgIpc) is 2.45. The summed E-state index contributed by atoms with van der Waals surface area (Å²) in [5, 5.41) is 8.69. The third-order valence-electron chi connectivity index (χ3n) is 3.33. The molecule has 1 aromatic carbocycles. The Morgan fingerprint density at radius 3 is 2.84 bits per heavy atom. The van der Waals surface area contributed by atoms with Crippen LogP contribution >= 0.6 is 0 Å². The Kier molecular flexibility index (Phi) is 5.26. The van der Waals surface area contributed by atoms with Crippen molar-refractivity contribution < 1.29 is 14.6 Å². The highest BCUT2D eigenvalue weighted by Gasteiger charge is 2.14.